The van der Waals surface area contributed by atoms with Gasteiger partial charge in [-0.25, -0.2) is 0 Å². The standard InChI is InChI=1S/C45H72IN3O18/c46-10-12-56-14-16-58-18-20-60-22-24-62-26-28-64-30-32-66-34-36-67-35-33-65-31-29-63-27-25-61-23-21-59-19-17-57-15-13-55-11-3-1-2-7-40(50)47-38-6-4-5-37-42(38)45(54)49(44(37)53)39-8-9-41(51)48-43(39)52/h4-6,39H,1-3,7-36H2,(H,47,50)(H,48,51,52). The lowest BCUT2D eigenvalue weighted by atomic mass is 10.0. The van der Waals surface area contributed by atoms with Crippen LogP contribution in [0.15, 0.2) is 18.2 Å². The van der Waals surface area contributed by atoms with Crippen LogP contribution in [0.4, 0.5) is 5.69 Å². The summed E-state index contributed by atoms with van der Waals surface area (Å²) < 4.78 is 72.3. The molecule has 2 N–H and O–H groups in total. The minimum absolute atomic E-state index is 0.0262. The predicted molar refractivity (Wildman–Crippen MR) is 250 cm³/mol. The van der Waals surface area contributed by atoms with Crippen LogP contribution in [0.1, 0.15) is 59.2 Å². The number of rotatable bonds is 46. The fourth-order valence-electron chi connectivity index (χ4n) is 6.29. The molecule has 0 radical (unpaired) electrons. The molecule has 1 unspecified atom stereocenters. The monoisotopic (exact) mass is 1070 g/mol. The van der Waals surface area contributed by atoms with E-state index >= 15 is 0 Å². The van der Waals surface area contributed by atoms with Gasteiger partial charge in [0.05, 0.1) is 182 Å². The molecule has 21 nitrogen and oxygen atoms in total. The first-order chi connectivity index (χ1) is 32.9. The Kier molecular flexibility index (Phi) is 34.9. The van der Waals surface area contributed by atoms with Gasteiger partial charge in [0.25, 0.3) is 11.8 Å². The first-order valence-electron chi connectivity index (χ1n) is 23.1. The van der Waals surface area contributed by atoms with Crippen LogP contribution in [0.25, 0.3) is 0 Å². The highest BCUT2D eigenvalue weighted by Gasteiger charge is 2.45. The summed E-state index contributed by atoms with van der Waals surface area (Å²) in [6.07, 6.45) is 2.43. The van der Waals surface area contributed by atoms with Crippen LogP contribution in [-0.4, -0.2) is 217 Å². The Balaban J connectivity index is 0.960. The van der Waals surface area contributed by atoms with E-state index in [2.05, 4.69) is 33.2 Å². The fourth-order valence-corrected chi connectivity index (χ4v) is 6.61. The summed E-state index contributed by atoms with van der Waals surface area (Å²) in [4.78, 5) is 63.6. The van der Waals surface area contributed by atoms with Crippen molar-refractivity contribution in [2.75, 3.05) is 182 Å². The molecule has 0 saturated carbocycles. The maximum absolute atomic E-state index is 13.2. The van der Waals surface area contributed by atoms with Crippen molar-refractivity contribution in [3.05, 3.63) is 29.3 Å². The molecule has 0 aromatic heterocycles. The Morgan fingerprint density at radius 2 is 0.910 bits per heavy atom. The van der Waals surface area contributed by atoms with E-state index in [0.717, 1.165) is 28.8 Å². The van der Waals surface area contributed by atoms with Gasteiger partial charge in [0.2, 0.25) is 17.7 Å². The number of anilines is 1. The number of piperidine rings is 1. The van der Waals surface area contributed by atoms with Crippen LogP contribution in [0, 0.1) is 0 Å². The van der Waals surface area contributed by atoms with E-state index in [0.29, 0.717) is 172 Å². The third-order valence-corrected chi connectivity index (χ3v) is 10.1. The molecule has 1 saturated heterocycles. The van der Waals surface area contributed by atoms with Gasteiger partial charge in [-0.1, -0.05) is 35.1 Å². The molecule has 22 heteroatoms. The van der Waals surface area contributed by atoms with Gasteiger partial charge in [0.1, 0.15) is 6.04 Å². The summed E-state index contributed by atoms with van der Waals surface area (Å²) in [6.45, 7) is 13.1. The number of alkyl halides is 1. The zero-order valence-electron chi connectivity index (χ0n) is 38.8. The molecule has 3 rings (SSSR count). The molecule has 1 fully saturated rings. The molecule has 2 aliphatic heterocycles. The second-order valence-electron chi connectivity index (χ2n) is 14.7. The van der Waals surface area contributed by atoms with Gasteiger partial charge >= 0.3 is 0 Å². The van der Waals surface area contributed by atoms with Crippen molar-refractivity contribution in [1.29, 1.82) is 0 Å². The summed E-state index contributed by atoms with van der Waals surface area (Å²) in [5, 5.41) is 4.91. The minimum Gasteiger partial charge on any atom is -0.379 e. The Labute approximate surface area is 407 Å². The highest BCUT2D eigenvalue weighted by molar-refractivity contribution is 14.1. The van der Waals surface area contributed by atoms with E-state index < -0.39 is 29.7 Å². The largest absolute Gasteiger partial charge is 0.379 e. The second kappa shape index (κ2) is 40.0. The Bertz CT molecular complexity index is 1510. The molecule has 0 spiro atoms. The first-order valence-corrected chi connectivity index (χ1v) is 24.7. The van der Waals surface area contributed by atoms with Gasteiger partial charge in [-0.2, -0.15) is 0 Å². The summed E-state index contributed by atoms with van der Waals surface area (Å²) in [6, 6.07) is 3.53. The SMILES string of the molecule is O=C1CCC(N2C(=O)c3cccc(NC(=O)CCCCCOCCOCCOCCOCCOCCOCCOCCOCCOCCOCCOCCOCCOCCI)c3C2=O)C(=O)N1. The number of fused-ring (bicyclic) bond motifs is 1. The predicted octanol–water partition coefficient (Wildman–Crippen LogP) is 2.24. The molecule has 2 aliphatic rings. The van der Waals surface area contributed by atoms with Crippen LogP contribution in [0.3, 0.4) is 0 Å². The average molecular weight is 1070 g/mol. The summed E-state index contributed by atoms with van der Waals surface area (Å²) in [5.41, 5.74) is 0.377. The number of hydrogen-bond acceptors (Lipinski definition) is 18. The summed E-state index contributed by atoms with van der Waals surface area (Å²) in [5.74, 6) is -2.72. The van der Waals surface area contributed by atoms with Crippen molar-refractivity contribution >= 4 is 57.8 Å². The highest BCUT2D eigenvalue weighted by atomic mass is 127. The number of carbonyl (C=O) groups excluding carboxylic acids is 5. The van der Waals surface area contributed by atoms with Crippen molar-refractivity contribution in [3.8, 4) is 0 Å². The molecule has 1 atom stereocenters. The van der Waals surface area contributed by atoms with E-state index in [9.17, 15) is 24.0 Å². The lowest BCUT2D eigenvalue weighted by Gasteiger charge is -2.27. The molecule has 5 amide bonds. The van der Waals surface area contributed by atoms with E-state index in [-0.39, 0.29) is 42.0 Å². The summed E-state index contributed by atoms with van der Waals surface area (Å²) >= 11 is 2.27. The number of amides is 5. The second-order valence-corrected chi connectivity index (χ2v) is 15.8. The molecule has 67 heavy (non-hydrogen) atoms. The Morgan fingerprint density at radius 3 is 1.30 bits per heavy atom. The van der Waals surface area contributed by atoms with Crippen LogP contribution >= 0.6 is 22.6 Å². The Hall–Kier alpha value is -2.82. The van der Waals surface area contributed by atoms with Crippen LogP contribution in [-0.2, 0) is 76.0 Å². The van der Waals surface area contributed by atoms with E-state index in [1.165, 1.54) is 6.07 Å². The van der Waals surface area contributed by atoms with Gasteiger partial charge in [0.15, 0.2) is 0 Å². The van der Waals surface area contributed by atoms with E-state index in [1.807, 2.05) is 0 Å². The average Bonchev–Trinajstić information content (AvgIpc) is 3.57. The van der Waals surface area contributed by atoms with Crippen molar-refractivity contribution in [3.63, 3.8) is 0 Å². The molecule has 1 aromatic carbocycles. The van der Waals surface area contributed by atoms with Crippen molar-refractivity contribution in [1.82, 2.24) is 10.2 Å². The van der Waals surface area contributed by atoms with Gasteiger partial charge in [0, 0.05) is 23.9 Å². The fraction of sp³-hybridized carbons (Fsp3) is 0.756. The topological polar surface area (TPSA) is 233 Å². The quantitative estimate of drug-likeness (QED) is 0.0413. The number of imide groups is 2. The van der Waals surface area contributed by atoms with Crippen LogP contribution in [0.2, 0.25) is 0 Å². The van der Waals surface area contributed by atoms with E-state index in [4.69, 9.17) is 61.6 Å². The van der Waals surface area contributed by atoms with Gasteiger partial charge in [-0.15, -0.1) is 0 Å². The number of benzene rings is 1. The molecule has 1 aromatic rings. The lowest BCUT2D eigenvalue weighted by molar-refractivity contribution is -0.136. The zero-order chi connectivity index (χ0) is 47.8. The van der Waals surface area contributed by atoms with Crippen molar-refractivity contribution in [2.45, 2.75) is 44.6 Å². The van der Waals surface area contributed by atoms with Crippen LogP contribution < -0.4 is 10.6 Å². The van der Waals surface area contributed by atoms with Crippen molar-refractivity contribution < 1.29 is 85.6 Å². The normalized spacial score (nSPS) is 14.9. The smallest absolute Gasteiger partial charge is 0.264 e. The third-order valence-electron chi connectivity index (χ3n) is 9.62. The highest BCUT2D eigenvalue weighted by Crippen LogP contribution is 2.32. The zero-order valence-corrected chi connectivity index (χ0v) is 41.0. The maximum Gasteiger partial charge on any atom is 0.264 e. The van der Waals surface area contributed by atoms with Gasteiger partial charge < -0.3 is 66.9 Å². The minimum atomic E-state index is -1.08. The van der Waals surface area contributed by atoms with Crippen LogP contribution in [0.5, 0.6) is 0 Å². The van der Waals surface area contributed by atoms with Gasteiger partial charge in [-0.3, -0.25) is 34.2 Å². The third kappa shape index (κ3) is 27.2. The number of halogens is 1. The number of ether oxygens (including phenoxy) is 13. The molecule has 2 heterocycles. The number of carbonyl (C=O) groups is 5. The molecular formula is C45H72IN3O18. The van der Waals surface area contributed by atoms with Crippen molar-refractivity contribution in [2.24, 2.45) is 0 Å². The number of nitrogens with one attached hydrogen (secondary N) is 2. The number of unbranched alkanes of at least 4 members (excludes halogenated alkanes) is 2. The molecular weight excluding hydrogens is 997 g/mol. The van der Waals surface area contributed by atoms with Gasteiger partial charge in [-0.05, 0) is 31.4 Å². The molecule has 382 valence electrons. The first kappa shape index (κ1) is 58.5. The lowest BCUT2D eigenvalue weighted by Crippen LogP contribution is -2.54. The Morgan fingerprint density at radius 1 is 0.522 bits per heavy atom. The van der Waals surface area contributed by atoms with E-state index in [1.54, 1.807) is 12.1 Å². The summed E-state index contributed by atoms with van der Waals surface area (Å²) in [7, 11) is 0. The maximum atomic E-state index is 13.2. The number of hydrogen-bond donors (Lipinski definition) is 2. The molecule has 0 aliphatic carbocycles. The molecule has 0 bridgehead atoms. The number of nitrogens with zero attached hydrogens (tertiary/aromatic N) is 1.